The first kappa shape index (κ1) is 15.1. The fourth-order valence-electron chi connectivity index (χ4n) is 2.34. The zero-order valence-electron chi connectivity index (χ0n) is 12.4. The first-order valence-electron chi connectivity index (χ1n) is 7.08. The van der Waals surface area contributed by atoms with Crippen LogP contribution < -0.4 is 5.32 Å². The van der Waals surface area contributed by atoms with E-state index in [1.807, 2.05) is 48.9 Å². The van der Waals surface area contributed by atoms with Crippen molar-refractivity contribution in [3.8, 4) is 0 Å². The first-order chi connectivity index (χ1) is 10.6. The smallest absolute Gasteiger partial charge is 0.261 e. The SMILES string of the molecule is CCNC(=O)c1cc2c(C)nn(Cc3ccc(Cl)cc3)c2s1. The van der Waals surface area contributed by atoms with E-state index in [1.54, 1.807) is 0 Å². The number of rotatable bonds is 4. The topological polar surface area (TPSA) is 46.9 Å². The summed E-state index contributed by atoms with van der Waals surface area (Å²) in [6, 6.07) is 9.65. The van der Waals surface area contributed by atoms with Crippen LogP contribution in [0, 0.1) is 6.92 Å². The number of hydrogen-bond acceptors (Lipinski definition) is 3. The molecular weight excluding hydrogens is 318 g/mol. The maximum Gasteiger partial charge on any atom is 0.261 e. The maximum atomic E-state index is 12.0. The molecule has 1 amide bonds. The molecule has 0 aliphatic carbocycles. The van der Waals surface area contributed by atoms with Gasteiger partial charge < -0.3 is 5.32 Å². The average molecular weight is 334 g/mol. The standard InChI is InChI=1S/C16H16ClN3OS/c1-3-18-15(21)14-8-13-10(2)19-20(16(13)22-14)9-11-4-6-12(17)7-5-11/h4-8H,3,9H2,1-2H3,(H,18,21). The number of carbonyl (C=O) groups excluding carboxylic acids is 1. The lowest BCUT2D eigenvalue weighted by Gasteiger charge is -2.03. The second-order valence-electron chi connectivity index (χ2n) is 5.06. The number of carbonyl (C=O) groups is 1. The Bertz CT molecular complexity index is 820. The molecule has 114 valence electrons. The molecule has 1 N–H and O–H groups in total. The maximum absolute atomic E-state index is 12.0. The molecule has 0 spiro atoms. The summed E-state index contributed by atoms with van der Waals surface area (Å²) >= 11 is 7.39. The van der Waals surface area contributed by atoms with Crippen LogP contribution in [0.3, 0.4) is 0 Å². The molecule has 6 heteroatoms. The van der Waals surface area contributed by atoms with Crippen LogP contribution in [0.5, 0.6) is 0 Å². The Balaban J connectivity index is 1.95. The van der Waals surface area contributed by atoms with Gasteiger partial charge >= 0.3 is 0 Å². The molecule has 0 unspecified atom stereocenters. The van der Waals surface area contributed by atoms with E-state index in [9.17, 15) is 4.79 Å². The molecule has 2 heterocycles. The van der Waals surface area contributed by atoms with Crippen LogP contribution in [0.4, 0.5) is 0 Å². The van der Waals surface area contributed by atoms with Crippen LogP contribution in [0.25, 0.3) is 10.2 Å². The highest BCUT2D eigenvalue weighted by molar-refractivity contribution is 7.20. The highest BCUT2D eigenvalue weighted by Crippen LogP contribution is 2.29. The van der Waals surface area contributed by atoms with E-state index < -0.39 is 0 Å². The average Bonchev–Trinajstić information content (AvgIpc) is 3.04. The van der Waals surface area contributed by atoms with E-state index in [1.165, 1.54) is 11.3 Å². The largest absolute Gasteiger partial charge is 0.352 e. The van der Waals surface area contributed by atoms with Crippen molar-refractivity contribution in [1.82, 2.24) is 15.1 Å². The van der Waals surface area contributed by atoms with Gasteiger partial charge in [-0.05, 0) is 37.6 Å². The predicted octanol–water partition coefficient (Wildman–Crippen LogP) is 3.86. The van der Waals surface area contributed by atoms with Gasteiger partial charge in [-0.1, -0.05) is 23.7 Å². The van der Waals surface area contributed by atoms with E-state index in [2.05, 4.69) is 10.4 Å². The summed E-state index contributed by atoms with van der Waals surface area (Å²) in [5.41, 5.74) is 2.07. The highest BCUT2D eigenvalue weighted by atomic mass is 35.5. The molecule has 0 aliphatic heterocycles. The van der Waals surface area contributed by atoms with Gasteiger partial charge in [0.25, 0.3) is 5.91 Å². The van der Waals surface area contributed by atoms with Crippen LogP contribution in [0.2, 0.25) is 5.02 Å². The number of nitrogens with zero attached hydrogens (tertiary/aromatic N) is 2. The number of fused-ring (bicyclic) bond motifs is 1. The lowest BCUT2D eigenvalue weighted by atomic mass is 10.2. The first-order valence-corrected chi connectivity index (χ1v) is 8.27. The summed E-state index contributed by atoms with van der Waals surface area (Å²) in [7, 11) is 0. The van der Waals surface area contributed by atoms with Gasteiger partial charge in [-0.3, -0.25) is 9.48 Å². The van der Waals surface area contributed by atoms with Crippen LogP contribution >= 0.6 is 22.9 Å². The van der Waals surface area contributed by atoms with Crippen molar-refractivity contribution in [2.75, 3.05) is 6.54 Å². The third-order valence-electron chi connectivity index (χ3n) is 3.41. The molecule has 0 fully saturated rings. The molecule has 2 aromatic heterocycles. The molecule has 3 rings (SSSR count). The molecule has 0 saturated carbocycles. The monoisotopic (exact) mass is 333 g/mol. The number of hydrogen-bond donors (Lipinski definition) is 1. The highest BCUT2D eigenvalue weighted by Gasteiger charge is 2.16. The van der Waals surface area contributed by atoms with Crippen molar-refractivity contribution in [2.45, 2.75) is 20.4 Å². The lowest BCUT2D eigenvalue weighted by Crippen LogP contribution is -2.21. The van der Waals surface area contributed by atoms with E-state index >= 15 is 0 Å². The Morgan fingerprint density at radius 2 is 2.09 bits per heavy atom. The van der Waals surface area contributed by atoms with Gasteiger partial charge in [0.05, 0.1) is 17.1 Å². The molecule has 0 radical (unpaired) electrons. The van der Waals surface area contributed by atoms with Crippen molar-refractivity contribution >= 4 is 39.1 Å². The summed E-state index contributed by atoms with van der Waals surface area (Å²) in [6.45, 7) is 5.17. The van der Waals surface area contributed by atoms with Gasteiger partial charge in [0.2, 0.25) is 0 Å². The van der Waals surface area contributed by atoms with Crippen molar-refractivity contribution < 1.29 is 4.79 Å². The Labute approximate surface area is 137 Å². The minimum absolute atomic E-state index is 0.0267. The Morgan fingerprint density at radius 3 is 2.77 bits per heavy atom. The summed E-state index contributed by atoms with van der Waals surface area (Å²) < 4.78 is 1.95. The molecule has 22 heavy (non-hydrogen) atoms. The van der Waals surface area contributed by atoms with E-state index in [4.69, 9.17) is 11.6 Å². The minimum Gasteiger partial charge on any atom is -0.352 e. The van der Waals surface area contributed by atoms with Crippen LogP contribution in [-0.2, 0) is 6.54 Å². The van der Waals surface area contributed by atoms with Crippen molar-refractivity contribution in [2.24, 2.45) is 0 Å². The quantitative estimate of drug-likeness (QED) is 0.788. The van der Waals surface area contributed by atoms with E-state index in [0.717, 1.165) is 31.4 Å². The van der Waals surface area contributed by atoms with Gasteiger partial charge in [-0.15, -0.1) is 11.3 Å². The third kappa shape index (κ3) is 2.87. The summed E-state index contributed by atoms with van der Waals surface area (Å²) in [6.07, 6.45) is 0. The molecule has 0 bridgehead atoms. The Hall–Kier alpha value is -1.85. The third-order valence-corrected chi connectivity index (χ3v) is 4.81. The fraction of sp³-hybridized carbons (Fsp3) is 0.250. The Morgan fingerprint density at radius 1 is 1.36 bits per heavy atom. The van der Waals surface area contributed by atoms with Gasteiger partial charge in [-0.2, -0.15) is 5.10 Å². The molecule has 3 aromatic rings. The van der Waals surface area contributed by atoms with Gasteiger partial charge in [0, 0.05) is 17.0 Å². The number of nitrogens with one attached hydrogen (secondary N) is 1. The second-order valence-corrected chi connectivity index (χ2v) is 6.53. The molecule has 1 aromatic carbocycles. The fourth-order valence-corrected chi connectivity index (χ4v) is 3.55. The number of amides is 1. The van der Waals surface area contributed by atoms with Crippen LogP contribution in [0.1, 0.15) is 27.9 Å². The number of benzene rings is 1. The zero-order valence-corrected chi connectivity index (χ0v) is 14.0. The van der Waals surface area contributed by atoms with Crippen LogP contribution in [-0.4, -0.2) is 22.2 Å². The lowest BCUT2D eigenvalue weighted by molar-refractivity contribution is 0.0960. The molecule has 0 atom stereocenters. The predicted molar refractivity (Wildman–Crippen MR) is 90.9 cm³/mol. The van der Waals surface area contributed by atoms with E-state index in [0.29, 0.717) is 13.1 Å². The molecule has 4 nitrogen and oxygen atoms in total. The molecular formula is C16H16ClN3OS. The number of aromatic nitrogens is 2. The van der Waals surface area contributed by atoms with Crippen LogP contribution in [0.15, 0.2) is 30.3 Å². The van der Waals surface area contributed by atoms with Gasteiger partial charge in [-0.25, -0.2) is 0 Å². The van der Waals surface area contributed by atoms with Gasteiger partial charge in [0.1, 0.15) is 4.83 Å². The molecule has 0 saturated heterocycles. The van der Waals surface area contributed by atoms with Crippen molar-refractivity contribution in [3.63, 3.8) is 0 Å². The summed E-state index contributed by atoms with van der Waals surface area (Å²) in [4.78, 5) is 13.7. The van der Waals surface area contributed by atoms with Crippen molar-refractivity contribution in [1.29, 1.82) is 0 Å². The zero-order chi connectivity index (χ0) is 15.7. The molecule has 0 aliphatic rings. The van der Waals surface area contributed by atoms with Gasteiger partial charge in [0.15, 0.2) is 0 Å². The number of thiophene rings is 1. The number of halogens is 1. The Kier molecular flexibility index (Phi) is 4.18. The second kappa shape index (κ2) is 6.10. The van der Waals surface area contributed by atoms with E-state index in [-0.39, 0.29) is 5.91 Å². The normalized spacial score (nSPS) is 11.0. The number of aryl methyl sites for hydroxylation is 1. The summed E-state index contributed by atoms with van der Waals surface area (Å²) in [5, 5.41) is 9.18. The summed E-state index contributed by atoms with van der Waals surface area (Å²) in [5.74, 6) is -0.0267. The van der Waals surface area contributed by atoms with Crippen molar-refractivity contribution in [3.05, 3.63) is 51.5 Å². The minimum atomic E-state index is -0.0267.